The van der Waals surface area contributed by atoms with E-state index in [0.717, 1.165) is 0 Å². The van der Waals surface area contributed by atoms with Gasteiger partial charge >= 0.3 is 0 Å². The Labute approximate surface area is 112 Å². The Morgan fingerprint density at radius 2 is 1.84 bits per heavy atom. The molecule has 0 radical (unpaired) electrons. The number of aromatic nitrogens is 1. The molecule has 0 unspecified atom stereocenters. The Morgan fingerprint density at radius 1 is 1.26 bits per heavy atom. The van der Waals surface area contributed by atoms with Crippen LogP contribution in [0.4, 0.5) is 8.78 Å². The molecule has 0 atom stereocenters. The highest BCUT2D eigenvalue weighted by Gasteiger charge is 2.19. The van der Waals surface area contributed by atoms with Crippen molar-refractivity contribution in [3.63, 3.8) is 0 Å². The largest absolute Gasteiger partial charge is 0.389 e. The molecule has 0 amide bonds. The normalized spacial score (nSPS) is 11.3. The van der Waals surface area contributed by atoms with E-state index in [1.807, 2.05) is 0 Å². The number of aliphatic hydroxyl groups is 1. The molecule has 2 rings (SSSR count). The fourth-order valence-electron chi connectivity index (χ4n) is 1.98. The SMILES string of the molecule is C=C.Cc1cc2ccn(CC(C)(C)O)c2c(F)c1F. The highest BCUT2D eigenvalue weighted by Crippen LogP contribution is 2.25. The smallest absolute Gasteiger partial charge is 0.183 e. The summed E-state index contributed by atoms with van der Waals surface area (Å²) in [5, 5.41) is 10.4. The van der Waals surface area contributed by atoms with Gasteiger partial charge in [0.15, 0.2) is 11.6 Å². The molecule has 0 spiro atoms. The molecule has 1 aromatic heterocycles. The lowest BCUT2D eigenvalue weighted by Crippen LogP contribution is -2.25. The summed E-state index contributed by atoms with van der Waals surface area (Å²) >= 11 is 0. The van der Waals surface area contributed by atoms with E-state index in [0.29, 0.717) is 5.39 Å². The molecule has 2 aromatic rings. The zero-order chi connectivity index (χ0) is 14.8. The van der Waals surface area contributed by atoms with Gasteiger partial charge in [-0.25, -0.2) is 8.78 Å². The standard InChI is InChI=1S/C13H15F2NO.C2H4/c1-8-6-9-4-5-16(7-13(2,3)17)12(9)11(15)10(8)14;1-2/h4-6,17H,7H2,1-3H3;1-2H2. The van der Waals surface area contributed by atoms with Gasteiger partial charge in [0.1, 0.15) is 0 Å². The van der Waals surface area contributed by atoms with E-state index >= 15 is 0 Å². The first-order valence-corrected chi connectivity index (χ1v) is 5.95. The van der Waals surface area contributed by atoms with Gasteiger partial charge in [0.05, 0.1) is 17.7 Å². The first-order valence-electron chi connectivity index (χ1n) is 5.95. The molecule has 0 aliphatic rings. The van der Waals surface area contributed by atoms with Crippen molar-refractivity contribution in [2.45, 2.75) is 32.9 Å². The molecule has 0 aliphatic carbocycles. The first-order chi connectivity index (χ1) is 8.79. The van der Waals surface area contributed by atoms with E-state index in [4.69, 9.17) is 0 Å². The summed E-state index contributed by atoms with van der Waals surface area (Å²) in [6, 6.07) is 3.32. The van der Waals surface area contributed by atoms with E-state index in [1.54, 1.807) is 32.2 Å². The third kappa shape index (κ3) is 3.20. The van der Waals surface area contributed by atoms with Crippen molar-refractivity contribution < 1.29 is 13.9 Å². The minimum atomic E-state index is -0.972. The molecule has 0 fully saturated rings. The minimum Gasteiger partial charge on any atom is -0.389 e. The molecule has 1 aromatic carbocycles. The second-order valence-corrected chi connectivity index (χ2v) is 5.02. The Balaban J connectivity index is 0.000000861. The van der Waals surface area contributed by atoms with Crippen LogP contribution in [0.5, 0.6) is 0 Å². The van der Waals surface area contributed by atoms with Crippen LogP contribution in [0.2, 0.25) is 0 Å². The fourth-order valence-corrected chi connectivity index (χ4v) is 1.98. The van der Waals surface area contributed by atoms with Crippen molar-refractivity contribution in [3.05, 3.63) is 48.7 Å². The number of hydrogen-bond donors (Lipinski definition) is 1. The molecular formula is C15H19F2NO. The summed E-state index contributed by atoms with van der Waals surface area (Å²) < 4.78 is 28.9. The molecular weight excluding hydrogens is 248 g/mol. The summed E-state index contributed by atoms with van der Waals surface area (Å²) in [5.41, 5.74) is -0.481. The fraction of sp³-hybridized carbons (Fsp3) is 0.333. The van der Waals surface area contributed by atoms with Crippen molar-refractivity contribution >= 4 is 10.9 Å². The lowest BCUT2D eigenvalue weighted by molar-refractivity contribution is 0.0627. The van der Waals surface area contributed by atoms with Gasteiger partial charge in [-0.1, -0.05) is 0 Å². The van der Waals surface area contributed by atoms with Crippen LogP contribution in [0.25, 0.3) is 10.9 Å². The zero-order valence-corrected chi connectivity index (χ0v) is 11.5. The molecule has 2 nitrogen and oxygen atoms in total. The average Bonchev–Trinajstić information content (AvgIpc) is 2.69. The molecule has 0 saturated carbocycles. The third-order valence-electron chi connectivity index (χ3n) is 2.67. The van der Waals surface area contributed by atoms with Gasteiger partial charge in [0.25, 0.3) is 0 Å². The number of benzene rings is 1. The summed E-state index contributed by atoms with van der Waals surface area (Å²) in [6.07, 6.45) is 1.66. The number of halogens is 2. The molecule has 104 valence electrons. The molecule has 4 heteroatoms. The molecule has 19 heavy (non-hydrogen) atoms. The van der Waals surface area contributed by atoms with Gasteiger partial charge < -0.3 is 9.67 Å². The number of nitrogens with zero attached hydrogens (tertiary/aromatic N) is 1. The maximum atomic E-state index is 13.9. The van der Waals surface area contributed by atoms with Crippen molar-refractivity contribution in [1.29, 1.82) is 0 Å². The van der Waals surface area contributed by atoms with Gasteiger partial charge in [-0.05, 0) is 38.5 Å². The van der Waals surface area contributed by atoms with Gasteiger partial charge in [-0.2, -0.15) is 0 Å². The van der Waals surface area contributed by atoms with Gasteiger partial charge in [0, 0.05) is 11.6 Å². The Bertz CT molecular complexity index is 582. The van der Waals surface area contributed by atoms with Gasteiger partial charge in [-0.15, -0.1) is 13.2 Å². The average molecular weight is 267 g/mol. The van der Waals surface area contributed by atoms with Crippen LogP contribution in [-0.2, 0) is 6.54 Å². The molecule has 0 bridgehead atoms. The van der Waals surface area contributed by atoms with Crippen LogP contribution in [0.15, 0.2) is 31.5 Å². The van der Waals surface area contributed by atoms with Crippen molar-refractivity contribution in [1.82, 2.24) is 4.57 Å². The Morgan fingerprint density at radius 3 is 2.37 bits per heavy atom. The zero-order valence-electron chi connectivity index (χ0n) is 11.5. The third-order valence-corrected chi connectivity index (χ3v) is 2.67. The maximum Gasteiger partial charge on any atom is 0.183 e. The van der Waals surface area contributed by atoms with Crippen LogP contribution < -0.4 is 0 Å². The minimum absolute atomic E-state index is 0.204. The summed E-state index contributed by atoms with van der Waals surface area (Å²) in [6.45, 7) is 11.0. The summed E-state index contributed by atoms with van der Waals surface area (Å²) in [5.74, 6) is -1.68. The molecule has 0 aliphatic heterocycles. The van der Waals surface area contributed by atoms with Crippen LogP contribution >= 0.6 is 0 Å². The van der Waals surface area contributed by atoms with Crippen LogP contribution in [0.3, 0.4) is 0 Å². The van der Waals surface area contributed by atoms with E-state index in [-0.39, 0.29) is 17.6 Å². The second-order valence-electron chi connectivity index (χ2n) is 5.02. The second kappa shape index (κ2) is 5.53. The highest BCUT2D eigenvalue weighted by molar-refractivity contribution is 5.81. The highest BCUT2D eigenvalue weighted by atomic mass is 19.2. The molecule has 0 saturated heterocycles. The predicted octanol–water partition coefficient (Wildman–Crippen LogP) is 3.80. The number of aryl methyl sites for hydroxylation is 1. The monoisotopic (exact) mass is 267 g/mol. The van der Waals surface area contributed by atoms with Crippen molar-refractivity contribution in [2.24, 2.45) is 0 Å². The van der Waals surface area contributed by atoms with Crippen molar-refractivity contribution in [2.75, 3.05) is 0 Å². The quantitative estimate of drug-likeness (QED) is 0.823. The van der Waals surface area contributed by atoms with E-state index < -0.39 is 17.2 Å². The van der Waals surface area contributed by atoms with Crippen molar-refractivity contribution in [3.8, 4) is 0 Å². The lowest BCUT2D eigenvalue weighted by Gasteiger charge is -2.19. The lowest BCUT2D eigenvalue weighted by atomic mass is 10.1. The maximum absolute atomic E-state index is 13.9. The Kier molecular flexibility index (Phi) is 4.48. The topological polar surface area (TPSA) is 25.2 Å². The van der Waals surface area contributed by atoms with E-state index in [2.05, 4.69) is 13.2 Å². The van der Waals surface area contributed by atoms with E-state index in [1.165, 1.54) is 11.5 Å². The number of rotatable bonds is 2. The van der Waals surface area contributed by atoms with E-state index in [9.17, 15) is 13.9 Å². The van der Waals surface area contributed by atoms with Gasteiger partial charge in [-0.3, -0.25) is 0 Å². The van der Waals surface area contributed by atoms with Gasteiger partial charge in [0.2, 0.25) is 0 Å². The number of fused-ring (bicyclic) bond motifs is 1. The molecule has 1 N–H and O–H groups in total. The first kappa shape index (κ1) is 15.4. The summed E-state index contributed by atoms with van der Waals surface area (Å²) in [4.78, 5) is 0. The van der Waals surface area contributed by atoms with Crippen LogP contribution in [0, 0.1) is 18.6 Å². The predicted molar refractivity (Wildman–Crippen MR) is 74.1 cm³/mol. The van der Waals surface area contributed by atoms with Crippen LogP contribution in [-0.4, -0.2) is 15.3 Å². The number of hydrogen-bond acceptors (Lipinski definition) is 1. The Hall–Kier alpha value is -1.68. The van der Waals surface area contributed by atoms with Crippen LogP contribution in [0.1, 0.15) is 19.4 Å². The molecule has 1 heterocycles. The summed E-state index contributed by atoms with van der Waals surface area (Å²) in [7, 11) is 0.